The SMILES string of the molecule is C[Si](C)(C)CCOCn1ccnc1S(C)(=O)=O. The van der Waals surface area contributed by atoms with Crippen LogP contribution in [-0.2, 0) is 21.3 Å². The van der Waals surface area contributed by atoms with Crippen LogP contribution in [0.4, 0.5) is 0 Å². The van der Waals surface area contributed by atoms with Crippen LogP contribution in [-0.4, -0.2) is 38.9 Å². The first-order valence-electron chi connectivity index (χ1n) is 5.49. The van der Waals surface area contributed by atoms with Gasteiger partial charge in [-0.25, -0.2) is 13.4 Å². The number of sulfone groups is 1. The number of nitrogens with zero attached hydrogens (tertiary/aromatic N) is 2. The van der Waals surface area contributed by atoms with Gasteiger partial charge in [0.1, 0.15) is 6.73 Å². The van der Waals surface area contributed by atoms with E-state index in [1.807, 2.05) is 0 Å². The van der Waals surface area contributed by atoms with E-state index in [1.54, 1.807) is 6.20 Å². The monoisotopic (exact) mass is 276 g/mol. The van der Waals surface area contributed by atoms with Crippen molar-refractivity contribution in [2.24, 2.45) is 0 Å². The highest BCUT2D eigenvalue weighted by molar-refractivity contribution is 7.90. The summed E-state index contributed by atoms with van der Waals surface area (Å²) in [6.07, 6.45) is 4.23. The molecule has 0 spiro atoms. The largest absolute Gasteiger partial charge is 0.361 e. The Bertz CT molecular complexity index is 462. The van der Waals surface area contributed by atoms with Crippen LogP contribution in [0.15, 0.2) is 17.6 Å². The van der Waals surface area contributed by atoms with Crippen LogP contribution in [0.25, 0.3) is 0 Å². The molecule has 0 aliphatic carbocycles. The molecule has 0 fully saturated rings. The van der Waals surface area contributed by atoms with E-state index in [0.29, 0.717) is 6.61 Å². The summed E-state index contributed by atoms with van der Waals surface area (Å²) < 4.78 is 29.7. The van der Waals surface area contributed by atoms with Gasteiger partial charge in [0, 0.05) is 33.3 Å². The Labute approximate surface area is 104 Å². The highest BCUT2D eigenvalue weighted by Crippen LogP contribution is 2.09. The molecule has 0 bridgehead atoms. The van der Waals surface area contributed by atoms with Crippen molar-refractivity contribution in [3.8, 4) is 0 Å². The summed E-state index contributed by atoms with van der Waals surface area (Å²) in [5.41, 5.74) is 0. The average Bonchev–Trinajstić information content (AvgIpc) is 2.58. The van der Waals surface area contributed by atoms with Crippen molar-refractivity contribution in [3.05, 3.63) is 12.4 Å². The normalized spacial score (nSPS) is 12.9. The van der Waals surface area contributed by atoms with Crippen molar-refractivity contribution in [3.63, 3.8) is 0 Å². The van der Waals surface area contributed by atoms with Gasteiger partial charge in [-0.05, 0) is 6.04 Å². The second-order valence-corrected chi connectivity index (χ2v) is 12.8. The molecule has 0 unspecified atom stereocenters. The summed E-state index contributed by atoms with van der Waals surface area (Å²) in [6, 6.07) is 1.07. The summed E-state index contributed by atoms with van der Waals surface area (Å²) in [5, 5.41) is 0.0607. The molecular formula is C10H20N2O3SSi. The number of aromatic nitrogens is 2. The van der Waals surface area contributed by atoms with Crippen LogP contribution in [0, 0.1) is 0 Å². The van der Waals surface area contributed by atoms with Gasteiger partial charge in [0.15, 0.2) is 0 Å². The van der Waals surface area contributed by atoms with Gasteiger partial charge in [-0.2, -0.15) is 0 Å². The molecule has 0 N–H and O–H groups in total. The van der Waals surface area contributed by atoms with Crippen LogP contribution in [0.3, 0.4) is 0 Å². The number of imidazole rings is 1. The van der Waals surface area contributed by atoms with E-state index < -0.39 is 17.9 Å². The molecule has 1 heterocycles. The summed E-state index contributed by atoms with van der Waals surface area (Å²) in [4.78, 5) is 3.82. The van der Waals surface area contributed by atoms with Gasteiger partial charge < -0.3 is 4.74 Å². The van der Waals surface area contributed by atoms with Crippen LogP contribution >= 0.6 is 0 Å². The second kappa shape index (κ2) is 5.32. The number of hydrogen-bond donors (Lipinski definition) is 0. The molecule has 7 heteroatoms. The van der Waals surface area contributed by atoms with Crippen molar-refractivity contribution in [1.82, 2.24) is 9.55 Å². The quantitative estimate of drug-likeness (QED) is 0.585. The van der Waals surface area contributed by atoms with Crippen LogP contribution in [0.2, 0.25) is 25.7 Å². The van der Waals surface area contributed by atoms with Gasteiger partial charge >= 0.3 is 0 Å². The molecule has 0 aromatic carbocycles. The van der Waals surface area contributed by atoms with Crippen molar-refractivity contribution in [2.75, 3.05) is 12.9 Å². The molecule has 0 saturated carbocycles. The van der Waals surface area contributed by atoms with Crippen molar-refractivity contribution in [2.45, 2.75) is 37.6 Å². The molecule has 0 amide bonds. The molecule has 5 nitrogen and oxygen atoms in total. The first-order chi connectivity index (χ1) is 7.70. The van der Waals surface area contributed by atoms with Gasteiger partial charge in [-0.15, -0.1) is 0 Å². The Balaban J connectivity index is 2.51. The highest BCUT2D eigenvalue weighted by atomic mass is 32.2. The smallest absolute Gasteiger partial charge is 0.229 e. The summed E-state index contributed by atoms with van der Waals surface area (Å²) >= 11 is 0. The molecule has 1 aromatic rings. The van der Waals surface area contributed by atoms with Gasteiger partial charge in [-0.1, -0.05) is 19.6 Å². The molecule has 0 saturated heterocycles. The van der Waals surface area contributed by atoms with Crippen molar-refractivity contribution >= 4 is 17.9 Å². The number of ether oxygens (including phenoxy) is 1. The first kappa shape index (κ1) is 14.4. The molecule has 0 aliphatic heterocycles. The third kappa shape index (κ3) is 5.01. The minimum absolute atomic E-state index is 0.0607. The molecule has 0 aliphatic rings. The third-order valence-corrected chi connectivity index (χ3v) is 4.94. The molecule has 0 atom stereocenters. The first-order valence-corrected chi connectivity index (χ1v) is 11.1. The minimum Gasteiger partial charge on any atom is -0.361 e. The van der Waals surface area contributed by atoms with E-state index in [0.717, 1.165) is 12.3 Å². The van der Waals surface area contributed by atoms with E-state index in [2.05, 4.69) is 24.6 Å². The third-order valence-electron chi connectivity index (χ3n) is 2.24. The molecule has 0 radical (unpaired) electrons. The standard InChI is InChI=1S/C10H20N2O3SSi/c1-16(13,14)10-11-5-6-12(10)9-15-7-8-17(2,3)4/h5-6H,7-9H2,1-4H3. The number of rotatable bonds is 6. The van der Waals surface area contributed by atoms with Crippen LogP contribution in [0.1, 0.15) is 0 Å². The van der Waals surface area contributed by atoms with Crippen molar-refractivity contribution in [1.29, 1.82) is 0 Å². The molecule has 1 rings (SSSR count). The van der Waals surface area contributed by atoms with Gasteiger partial charge in [-0.3, -0.25) is 4.57 Å². The van der Waals surface area contributed by atoms with Crippen LogP contribution < -0.4 is 0 Å². The number of hydrogen-bond acceptors (Lipinski definition) is 4. The van der Waals surface area contributed by atoms with Crippen LogP contribution in [0.5, 0.6) is 0 Å². The fraction of sp³-hybridized carbons (Fsp3) is 0.700. The fourth-order valence-corrected chi connectivity index (χ4v) is 2.81. The Morgan fingerprint density at radius 2 is 2.06 bits per heavy atom. The van der Waals surface area contributed by atoms with E-state index in [-0.39, 0.29) is 11.9 Å². The second-order valence-electron chi connectivity index (χ2n) is 5.30. The molecule has 98 valence electrons. The lowest BCUT2D eigenvalue weighted by Gasteiger charge is -2.15. The van der Waals surface area contributed by atoms with E-state index >= 15 is 0 Å². The maximum Gasteiger partial charge on any atom is 0.229 e. The minimum atomic E-state index is -3.28. The predicted octanol–water partition coefficient (Wildman–Crippen LogP) is 1.60. The van der Waals surface area contributed by atoms with Crippen molar-refractivity contribution < 1.29 is 13.2 Å². The zero-order valence-corrected chi connectivity index (χ0v) is 12.6. The van der Waals surface area contributed by atoms with Gasteiger partial charge in [0.2, 0.25) is 15.0 Å². The summed E-state index contributed by atoms with van der Waals surface area (Å²) in [5.74, 6) is 0. The lowest BCUT2D eigenvalue weighted by molar-refractivity contribution is 0.0809. The topological polar surface area (TPSA) is 61.2 Å². The van der Waals surface area contributed by atoms with E-state index in [9.17, 15) is 8.42 Å². The molecule has 17 heavy (non-hydrogen) atoms. The van der Waals surface area contributed by atoms with E-state index in [4.69, 9.17) is 4.74 Å². The maximum atomic E-state index is 11.4. The Morgan fingerprint density at radius 3 is 2.59 bits per heavy atom. The fourth-order valence-electron chi connectivity index (χ4n) is 1.26. The van der Waals surface area contributed by atoms with E-state index in [1.165, 1.54) is 10.8 Å². The Hall–Kier alpha value is -0.663. The summed E-state index contributed by atoms with van der Waals surface area (Å²) in [7, 11) is -4.37. The molecular weight excluding hydrogens is 256 g/mol. The zero-order chi connectivity index (χ0) is 13.1. The predicted molar refractivity (Wildman–Crippen MR) is 69.4 cm³/mol. The lowest BCUT2D eigenvalue weighted by Crippen LogP contribution is -2.22. The summed E-state index contributed by atoms with van der Waals surface area (Å²) in [6.45, 7) is 7.73. The van der Waals surface area contributed by atoms with Gasteiger partial charge in [0.25, 0.3) is 0 Å². The van der Waals surface area contributed by atoms with Gasteiger partial charge in [0.05, 0.1) is 0 Å². The highest BCUT2D eigenvalue weighted by Gasteiger charge is 2.15. The Morgan fingerprint density at radius 1 is 1.41 bits per heavy atom. The Kier molecular flexibility index (Phi) is 4.51. The maximum absolute atomic E-state index is 11.4. The zero-order valence-electron chi connectivity index (χ0n) is 10.8. The average molecular weight is 276 g/mol. The molecule has 1 aromatic heterocycles. The lowest BCUT2D eigenvalue weighted by atomic mass is 10.8.